The van der Waals surface area contributed by atoms with Crippen LogP contribution in [0.15, 0.2) is 22.7 Å². The molecule has 2 nitrogen and oxygen atoms in total. The number of nitrogens with zero attached hydrogens (tertiary/aromatic N) is 1. The van der Waals surface area contributed by atoms with Crippen LogP contribution in [0.25, 0.3) is 0 Å². The van der Waals surface area contributed by atoms with Crippen LogP contribution in [0.4, 0.5) is 5.69 Å². The molecule has 92 valence electrons. The normalized spacial score (nSPS) is 18.5. The molecule has 1 saturated heterocycles. The Hall–Kier alpha value is -0.830. The van der Waals surface area contributed by atoms with Crippen molar-refractivity contribution in [3.05, 3.63) is 28.2 Å². The Morgan fingerprint density at radius 1 is 1.41 bits per heavy atom. The zero-order valence-electron chi connectivity index (χ0n) is 10.6. The van der Waals surface area contributed by atoms with Gasteiger partial charge in [0, 0.05) is 27.8 Å². The largest absolute Gasteiger partial charge is 0.366 e. The summed E-state index contributed by atoms with van der Waals surface area (Å²) < 4.78 is 1.03. The second-order valence-electron chi connectivity index (χ2n) is 5.29. The standard InChI is InChI=1S/C14H18BrNO/c1-10(17)12-6-5-11(15)9-13(12)16-8-4-7-14(16,2)3/h5-6,9H,4,7-8H2,1-3H3. The Balaban J connectivity index is 2.50. The topological polar surface area (TPSA) is 20.3 Å². The van der Waals surface area contributed by atoms with Crippen molar-refractivity contribution in [1.29, 1.82) is 0 Å². The zero-order valence-corrected chi connectivity index (χ0v) is 12.2. The first-order valence-electron chi connectivity index (χ1n) is 6.00. The molecule has 0 aliphatic carbocycles. The van der Waals surface area contributed by atoms with Crippen LogP contribution in [-0.4, -0.2) is 17.9 Å². The minimum atomic E-state index is 0.134. The van der Waals surface area contributed by atoms with Crippen LogP contribution >= 0.6 is 15.9 Å². The van der Waals surface area contributed by atoms with E-state index in [9.17, 15) is 4.79 Å². The van der Waals surface area contributed by atoms with E-state index in [4.69, 9.17) is 0 Å². The molecule has 0 spiro atoms. The molecule has 1 fully saturated rings. The lowest BCUT2D eigenvalue weighted by Crippen LogP contribution is -2.38. The van der Waals surface area contributed by atoms with Crippen molar-refractivity contribution in [3.8, 4) is 0 Å². The molecule has 1 aromatic rings. The summed E-state index contributed by atoms with van der Waals surface area (Å²) in [4.78, 5) is 14.1. The third-order valence-electron chi connectivity index (χ3n) is 3.53. The van der Waals surface area contributed by atoms with E-state index in [1.807, 2.05) is 12.1 Å². The summed E-state index contributed by atoms with van der Waals surface area (Å²) in [5, 5.41) is 0. The number of ketones is 1. The molecule has 0 radical (unpaired) electrons. The Kier molecular flexibility index (Phi) is 3.30. The minimum Gasteiger partial charge on any atom is -0.366 e. The van der Waals surface area contributed by atoms with Gasteiger partial charge in [0.05, 0.1) is 0 Å². The summed E-state index contributed by atoms with van der Waals surface area (Å²) in [6, 6.07) is 5.91. The van der Waals surface area contributed by atoms with Crippen LogP contribution in [-0.2, 0) is 0 Å². The van der Waals surface area contributed by atoms with E-state index in [1.165, 1.54) is 12.8 Å². The van der Waals surface area contributed by atoms with Crippen molar-refractivity contribution in [2.75, 3.05) is 11.4 Å². The van der Waals surface area contributed by atoms with Gasteiger partial charge >= 0.3 is 0 Å². The summed E-state index contributed by atoms with van der Waals surface area (Å²) in [6.07, 6.45) is 2.37. The predicted octanol–water partition coefficient (Wildman–Crippen LogP) is 4.03. The molecule has 1 heterocycles. The third-order valence-corrected chi connectivity index (χ3v) is 4.02. The molecule has 0 bridgehead atoms. The minimum absolute atomic E-state index is 0.134. The summed E-state index contributed by atoms with van der Waals surface area (Å²) in [5.41, 5.74) is 2.03. The molecular weight excluding hydrogens is 278 g/mol. The van der Waals surface area contributed by atoms with Crippen LogP contribution < -0.4 is 4.90 Å². The fraction of sp³-hybridized carbons (Fsp3) is 0.500. The molecule has 1 aliphatic heterocycles. The molecule has 0 amide bonds. The average Bonchev–Trinajstić information content (AvgIpc) is 2.57. The van der Waals surface area contributed by atoms with Gasteiger partial charge in [0.15, 0.2) is 5.78 Å². The smallest absolute Gasteiger partial charge is 0.161 e. The Morgan fingerprint density at radius 3 is 2.65 bits per heavy atom. The lowest BCUT2D eigenvalue weighted by Gasteiger charge is -2.35. The van der Waals surface area contributed by atoms with Crippen molar-refractivity contribution in [1.82, 2.24) is 0 Å². The van der Waals surface area contributed by atoms with Gasteiger partial charge in [-0.25, -0.2) is 0 Å². The van der Waals surface area contributed by atoms with Crippen LogP contribution in [0.5, 0.6) is 0 Å². The summed E-state index contributed by atoms with van der Waals surface area (Å²) >= 11 is 3.49. The molecule has 17 heavy (non-hydrogen) atoms. The fourth-order valence-electron chi connectivity index (χ4n) is 2.58. The molecule has 1 aromatic carbocycles. The lowest BCUT2D eigenvalue weighted by molar-refractivity contribution is 0.101. The molecule has 0 aromatic heterocycles. The van der Waals surface area contributed by atoms with E-state index in [2.05, 4.69) is 40.7 Å². The molecule has 0 atom stereocenters. The maximum Gasteiger partial charge on any atom is 0.161 e. The maximum absolute atomic E-state index is 11.7. The van der Waals surface area contributed by atoms with Gasteiger partial charge in [0.2, 0.25) is 0 Å². The highest BCUT2D eigenvalue weighted by Crippen LogP contribution is 2.36. The van der Waals surface area contributed by atoms with Crippen LogP contribution in [0.1, 0.15) is 44.0 Å². The lowest BCUT2D eigenvalue weighted by atomic mass is 10.00. The van der Waals surface area contributed by atoms with Gasteiger partial charge in [-0.1, -0.05) is 15.9 Å². The molecule has 2 rings (SSSR count). The quantitative estimate of drug-likeness (QED) is 0.768. The van der Waals surface area contributed by atoms with Crippen molar-refractivity contribution in [2.24, 2.45) is 0 Å². The monoisotopic (exact) mass is 295 g/mol. The highest BCUT2D eigenvalue weighted by atomic mass is 79.9. The highest BCUT2D eigenvalue weighted by molar-refractivity contribution is 9.10. The van der Waals surface area contributed by atoms with E-state index in [-0.39, 0.29) is 11.3 Å². The first-order chi connectivity index (χ1) is 7.92. The fourth-order valence-corrected chi connectivity index (χ4v) is 2.93. The number of rotatable bonds is 2. The molecule has 0 saturated carbocycles. The Labute approximate surface area is 111 Å². The van der Waals surface area contributed by atoms with Crippen LogP contribution in [0.2, 0.25) is 0 Å². The summed E-state index contributed by atoms with van der Waals surface area (Å²) in [5.74, 6) is 0.134. The maximum atomic E-state index is 11.7. The van der Waals surface area contributed by atoms with Gasteiger partial charge in [0.1, 0.15) is 0 Å². The predicted molar refractivity (Wildman–Crippen MR) is 74.8 cm³/mol. The summed E-state index contributed by atoms with van der Waals surface area (Å²) in [6.45, 7) is 7.15. The number of halogens is 1. The van der Waals surface area contributed by atoms with Gasteiger partial charge in [0.25, 0.3) is 0 Å². The number of carbonyl (C=O) groups is 1. The van der Waals surface area contributed by atoms with Crippen LogP contribution in [0.3, 0.4) is 0 Å². The Morgan fingerprint density at radius 2 is 2.12 bits per heavy atom. The number of benzene rings is 1. The van der Waals surface area contributed by atoms with Crippen molar-refractivity contribution < 1.29 is 4.79 Å². The highest BCUT2D eigenvalue weighted by Gasteiger charge is 2.33. The molecule has 0 unspecified atom stereocenters. The van der Waals surface area contributed by atoms with E-state index < -0.39 is 0 Å². The molecule has 1 aliphatic rings. The second-order valence-corrected chi connectivity index (χ2v) is 6.20. The van der Waals surface area contributed by atoms with E-state index >= 15 is 0 Å². The molecular formula is C14H18BrNO. The first-order valence-corrected chi connectivity index (χ1v) is 6.79. The Bertz CT molecular complexity index is 454. The van der Waals surface area contributed by atoms with Crippen molar-refractivity contribution >= 4 is 27.4 Å². The van der Waals surface area contributed by atoms with Gasteiger partial charge in [-0.05, 0) is 51.8 Å². The molecule has 0 N–H and O–H groups in total. The first kappa shape index (κ1) is 12.6. The number of hydrogen-bond donors (Lipinski definition) is 0. The molecule has 3 heteroatoms. The number of carbonyl (C=O) groups excluding carboxylic acids is 1. The summed E-state index contributed by atoms with van der Waals surface area (Å²) in [7, 11) is 0. The third kappa shape index (κ3) is 2.39. The SMILES string of the molecule is CC(=O)c1ccc(Br)cc1N1CCCC1(C)C. The van der Waals surface area contributed by atoms with Gasteiger partial charge < -0.3 is 4.90 Å². The van der Waals surface area contributed by atoms with E-state index in [1.54, 1.807) is 6.92 Å². The van der Waals surface area contributed by atoms with Gasteiger partial charge in [-0.15, -0.1) is 0 Å². The second kappa shape index (κ2) is 4.45. The van der Waals surface area contributed by atoms with Gasteiger partial charge in [-0.2, -0.15) is 0 Å². The van der Waals surface area contributed by atoms with Crippen molar-refractivity contribution in [3.63, 3.8) is 0 Å². The average molecular weight is 296 g/mol. The number of Topliss-reactive ketones (excluding diaryl/α,β-unsaturated/α-hetero) is 1. The van der Waals surface area contributed by atoms with E-state index in [0.717, 1.165) is 22.3 Å². The van der Waals surface area contributed by atoms with Crippen molar-refractivity contribution in [2.45, 2.75) is 39.2 Å². The van der Waals surface area contributed by atoms with Crippen LogP contribution in [0, 0.1) is 0 Å². The van der Waals surface area contributed by atoms with Gasteiger partial charge in [-0.3, -0.25) is 4.79 Å². The number of anilines is 1. The zero-order chi connectivity index (χ0) is 12.6. The number of hydrogen-bond acceptors (Lipinski definition) is 2. The van der Waals surface area contributed by atoms with E-state index in [0.29, 0.717) is 0 Å².